The number of ether oxygens (including phenoxy) is 2. The molecular formula is C28H42O6. The number of carbonyl (C=O) groups excluding carboxylic acids is 1. The third-order valence-electron chi connectivity index (χ3n) is 11.5. The summed E-state index contributed by atoms with van der Waals surface area (Å²) in [5.41, 5.74) is -1.66. The molecule has 1 spiro atoms. The number of hydrogen-bond acceptors (Lipinski definition) is 6. The van der Waals surface area contributed by atoms with Crippen LogP contribution < -0.4 is 0 Å². The SMILES string of the molecule is COC1=CC(C)=C2OC3(CC2(OO)C1=O)C(C)CCC1C2(C)CCC(O)C(C)(C)C2CCC13C. The zero-order valence-corrected chi connectivity index (χ0v) is 21.9. The first-order valence-corrected chi connectivity index (χ1v) is 13.1. The van der Waals surface area contributed by atoms with Crippen molar-refractivity contribution in [3.8, 4) is 0 Å². The Labute approximate surface area is 203 Å². The maximum Gasteiger partial charge on any atom is 0.240 e. The highest BCUT2D eigenvalue weighted by Gasteiger charge is 2.75. The Bertz CT molecular complexity index is 966. The lowest BCUT2D eigenvalue weighted by Crippen LogP contribution is -2.67. The van der Waals surface area contributed by atoms with Gasteiger partial charge in [0.1, 0.15) is 11.4 Å². The number of Topliss-reactive ketones (excluding diaryl/α,β-unsaturated/α-hetero) is 1. The Morgan fingerprint density at radius 2 is 1.76 bits per heavy atom. The third kappa shape index (κ3) is 2.66. The molecule has 4 fully saturated rings. The van der Waals surface area contributed by atoms with Crippen molar-refractivity contribution in [1.29, 1.82) is 0 Å². The predicted octanol–water partition coefficient (Wildman–Crippen LogP) is 5.41. The lowest BCUT2D eigenvalue weighted by atomic mass is 9.37. The normalized spacial score (nSPS) is 49.7. The molecule has 5 aliphatic rings. The summed E-state index contributed by atoms with van der Waals surface area (Å²) in [7, 11) is 1.47. The van der Waals surface area contributed by atoms with Gasteiger partial charge in [0.05, 0.1) is 13.2 Å². The number of aliphatic hydroxyl groups is 1. The largest absolute Gasteiger partial charge is 0.493 e. The molecule has 0 amide bonds. The van der Waals surface area contributed by atoms with E-state index in [1.807, 2.05) is 6.92 Å². The lowest BCUT2D eigenvalue weighted by Gasteiger charge is -2.69. The molecule has 190 valence electrons. The highest BCUT2D eigenvalue weighted by atomic mass is 17.1. The Morgan fingerprint density at radius 1 is 1.06 bits per heavy atom. The Morgan fingerprint density at radius 3 is 2.41 bits per heavy atom. The van der Waals surface area contributed by atoms with Crippen molar-refractivity contribution in [1.82, 2.24) is 0 Å². The fourth-order valence-electron chi connectivity index (χ4n) is 9.63. The van der Waals surface area contributed by atoms with Gasteiger partial charge in [0.2, 0.25) is 11.4 Å². The number of aliphatic hydroxyl groups excluding tert-OH is 1. The average molecular weight is 475 g/mol. The summed E-state index contributed by atoms with van der Waals surface area (Å²) in [5.74, 6) is 1.30. The van der Waals surface area contributed by atoms with Crippen molar-refractivity contribution in [2.24, 2.45) is 34.0 Å². The second kappa shape index (κ2) is 7.33. The minimum atomic E-state index is -1.55. The molecule has 0 bridgehead atoms. The molecule has 3 saturated carbocycles. The molecule has 1 heterocycles. The van der Waals surface area contributed by atoms with Crippen LogP contribution in [0.2, 0.25) is 0 Å². The van der Waals surface area contributed by atoms with Gasteiger partial charge in [-0.1, -0.05) is 34.6 Å². The Kier molecular flexibility index (Phi) is 5.24. The van der Waals surface area contributed by atoms with Crippen LogP contribution in [0.5, 0.6) is 0 Å². The van der Waals surface area contributed by atoms with E-state index in [9.17, 15) is 15.2 Å². The summed E-state index contributed by atoms with van der Waals surface area (Å²) < 4.78 is 12.3. The van der Waals surface area contributed by atoms with E-state index in [0.717, 1.165) is 44.1 Å². The molecule has 6 nitrogen and oxygen atoms in total. The van der Waals surface area contributed by atoms with Gasteiger partial charge in [-0.15, -0.1) is 0 Å². The fourth-order valence-corrected chi connectivity index (χ4v) is 9.63. The van der Waals surface area contributed by atoms with Crippen LogP contribution >= 0.6 is 0 Å². The number of methoxy groups -OCH3 is 1. The zero-order valence-electron chi connectivity index (χ0n) is 21.9. The number of ketones is 1. The van der Waals surface area contributed by atoms with Crippen LogP contribution in [0.1, 0.15) is 86.5 Å². The Hall–Kier alpha value is -1.37. The summed E-state index contributed by atoms with van der Waals surface area (Å²) in [6.45, 7) is 13.4. The van der Waals surface area contributed by atoms with Crippen LogP contribution in [-0.4, -0.2) is 40.6 Å². The highest BCUT2D eigenvalue weighted by Crippen LogP contribution is 2.73. The molecule has 4 aliphatic carbocycles. The van der Waals surface area contributed by atoms with Crippen LogP contribution in [0.25, 0.3) is 0 Å². The maximum atomic E-state index is 13.5. The van der Waals surface area contributed by atoms with Crippen molar-refractivity contribution in [3.05, 3.63) is 23.2 Å². The lowest BCUT2D eigenvalue weighted by molar-refractivity contribution is -0.303. The van der Waals surface area contributed by atoms with E-state index in [-0.39, 0.29) is 39.8 Å². The molecule has 2 N–H and O–H groups in total. The first kappa shape index (κ1) is 24.3. The quantitative estimate of drug-likeness (QED) is 0.411. The first-order valence-electron chi connectivity index (χ1n) is 13.1. The average Bonchev–Trinajstić information content (AvgIpc) is 3.17. The van der Waals surface area contributed by atoms with Gasteiger partial charge in [-0.3, -0.25) is 10.1 Å². The highest BCUT2D eigenvalue weighted by molar-refractivity contribution is 6.04. The van der Waals surface area contributed by atoms with E-state index in [1.54, 1.807) is 6.08 Å². The summed E-state index contributed by atoms with van der Waals surface area (Å²) >= 11 is 0. The summed E-state index contributed by atoms with van der Waals surface area (Å²) in [6.07, 6.45) is 7.65. The number of hydrogen-bond donors (Lipinski definition) is 2. The van der Waals surface area contributed by atoms with Gasteiger partial charge in [0.15, 0.2) is 5.76 Å². The number of allylic oxidation sites excluding steroid dienone is 2. The second-order valence-corrected chi connectivity index (χ2v) is 13.1. The zero-order chi connectivity index (χ0) is 24.9. The van der Waals surface area contributed by atoms with E-state index in [1.165, 1.54) is 7.11 Å². The van der Waals surface area contributed by atoms with Crippen LogP contribution in [0, 0.1) is 34.0 Å². The molecule has 8 atom stereocenters. The van der Waals surface area contributed by atoms with Crippen LogP contribution in [0.4, 0.5) is 0 Å². The molecule has 0 aromatic carbocycles. The van der Waals surface area contributed by atoms with Gasteiger partial charge in [-0.05, 0) is 85.7 Å². The van der Waals surface area contributed by atoms with Crippen molar-refractivity contribution in [2.45, 2.75) is 104 Å². The van der Waals surface area contributed by atoms with E-state index in [4.69, 9.17) is 14.4 Å². The molecule has 0 radical (unpaired) electrons. The summed E-state index contributed by atoms with van der Waals surface area (Å²) in [5, 5.41) is 21.1. The molecule has 1 saturated heterocycles. The van der Waals surface area contributed by atoms with Crippen molar-refractivity contribution in [2.75, 3.05) is 7.11 Å². The second-order valence-electron chi connectivity index (χ2n) is 13.1. The third-order valence-corrected chi connectivity index (χ3v) is 11.5. The van der Waals surface area contributed by atoms with Crippen molar-refractivity contribution < 1.29 is 29.5 Å². The maximum absolute atomic E-state index is 13.5. The number of carbonyl (C=O) groups is 1. The number of rotatable bonds is 2. The number of fused-ring (bicyclic) bond motifs is 5. The molecule has 0 aromatic heterocycles. The smallest absolute Gasteiger partial charge is 0.240 e. The van der Waals surface area contributed by atoms with E-state index < -0.39 is 11.2 Å². The van der Waals surface area contributed by atoms with E-state index in [2.05, 4.69) is 34.6 Å². The molecule has 1 aliphatic heterocycles. The first-order chi connectivity index (χ1) is 15.8. The van der Waals surface area contributed by atoms with Crippen LogP contribution in [0.15, 0.2) is 23.2 Å². The molecular weight excluding hydrogens is 432 g/mol. The minimum absolute atomic E-state index is 0.0800. The molecule has 0 aromatic rings. The van der Waals surface area contributed by atoms with Crippen LogP contribution in [-0.2, 0) is 19.2 Å². The molecule has 8 unspecified atom stereocenters. The van der Waals surface area contributed by atoms with Crippen LogP contribution in [0.3, 0.4) is 0 Å². The van der Waals surface area contributed by atoms with Gasteiger partial charge in [-0.2, -0.15) is 0 Å². The van der Waals surface area contributed by atoms with Crippen molar-refractivity contribution in [3.63, 3.8) is 0 Å². The van der Waals surface area contributed by atoms with Gasteiger partial charge in [-0.25, -0.2) is 4.89 Å². The fraction of sp³-hybridized carbons (Fsp3) is 0.821. The monoisotopic (exact) mass is 474 g/mol. The minimum Gasteiger partial charge on any atom is -0.493 e. The van der Waals surface area contributed by atoms with E-state index in [0.29, 0.717) is 24.0 Å². The molecule has 5 rings (SSSR count). The summed E-state index contributed by atoms with van der Waals surface area (Å²) in [4.78, 5) is 18.6. The predicted molar refractivity (Wildman–Crippen MR) is 128 cm³/mol. The van der Waals surface area contributed by atoms with Gasteiger partial charge < -0.3 is 14.6 Å². The Balaban J connectivity index is 1.62. The summed E-state index contributed by atoms with van der Waals surface area (Å²) in [6, 6.07) is 0. The molecule has 34 heavy (non-hydrogen) atoms. The van der Waals surface area contributed by atoms with Gasteiger partial charge >= 0.3 is 0 Å². The van der Waals surface area contributed by atoms with Gasteiger partial charge in [0, 0.05) is 11.8 Å². The van der Waals surface area contributed by atoms with E-state index >= 15 is 0 Å². The topological polar surface area (TPSA) is 85.2 Å². The molecule has 6 heteroatoms. The standard InChI is InChI=1S/C28H42O6/c1-16-14-18(32-7)22(30)27(34-31)15-28(33-23(16)27)17(2)8-9-20-25(5)12-11-21(29)24(3,4)19(25)10-13-26(20,28)6/h14,17,19-21,29,31H,8-13,15H2,1-7H3. The van der Waals surface area contributed by atoms with Gasteiger partial charge in [0.25, 0.3) is 0 Å². The van der Waals surface area contributed by atoms with Crippen molar-refractivity contribution >= 4 is 5.78 Å².